The Hall–Kier alpha value is -3.19. The second kappa shape index (κ2) is 6.37. The third-order valence-electron chi connectivity index (χ3n) is 4.24. The lowest BCUT2D eigenvalue weighted by Crippen LogP contribution is -2.36. The molecule has 0 spiro atoms. The average molecular weight is 335 g/mol. The van der Waals surface area contributed by atoms with Gasteiger partial charge in [-0.05, 0) is 29.3 Å². The number of carbonyl (C=O) groups excluding carboxylic acids is 1. The number of aliphatic hydroxyl groups excluding tert-OH is 1. The molecule has 7 nitrogen and oxygen atoms in total. The van der Waals surface area contributed by atoms with Gasteiger partial charge in [0.15, 0.2) is 5.82 Å². The minimum absolute atomic E-state index is 0.380. The van der Waals surface area contributed by atoms with E-state index in [0.717, 1.165) is 11.1 Å². The fourth-order valence-corrected chi connectivity index (χ4v) is 3.06. The van der Waals surface area contributed by atoms with Gasteiger partial charge in [0.2, 0.25) is 0 Å². The highest BCUT2D eigenvalue weighted by molar-refractivity contribution is 5.89. The van der Waals surface area contributed by atoms with E-state index < -0.39 is 12.1 Å². The van der Waals surface area contributed by atoms with E-state index in [2.05, 4.69) is 20.7 Å². The number of hydrogen-bond donors (Lipinski definition) is 3. The van der Waals surface area contributed by atoms with Gasteiger partial charge in [-0.25, -0.2) is 14.5 Å². The molecule has 126 valence electrons. The molecule has 0 fully saturated rings. The number of benzene rings is 1. The van der Waals surface area contributed by atoms with Crippen LogP contribution < -0.4 is 10.6 Å². The first kappa shape index (κ1) is 15.3. The average Bonchev–Trinajstić information content (AvgIpc) is 3.25. The van der Waals surface area contributed by atoms with E-state index in [1.54, 1.807) is 35.4 Å². The van der Waals surface area contributed by atoms with Crippen molar-refractivity contribution in [3.05, 3.63) is 72.2 Å². The minimum Gasteiger partial charge on any atom is -0.390 e. The molecule has 25 heavy (non-hydrogen) atoms. The number of carbonyl (C=O) groups is 1. The Morgan fingerprint density at radius 2 is 2.08 bits per heavy atom. The van der Waals surface area contributed by atoms with Crippen molar-refractivity contribution in [2.24, 2.45) is 0 Å². The lowest BCUT2D eigenvalue weighted by atomic mass is 10.1. The van der Waals surface area contributed by atoms with Crippen molar-refractivity contribution in [2.45, 2.75) is 18.6 Å². The van der Waals surface area contributed by atoms with Gasteiger partial charge in [0.25, 0.3) is 0 Å². The van der Waals surface area contributed by atoms with Crippen LogP contribution in [-0.4, -0.2) is 32.0 Å². The third kappa shape index (κ3) is 3.09. The van der Waals surface area contributed by atoms with Gasteiger partial charge in [-0.3, -0.25) is 0 Å². The van der Waals surface area contributed by atoms with Crippen LogP contribution in [0.25, 0.3) is 5.82 Å². The summed E-state index contributed by atoms with van der Waals surface area (Å²) in [5, 5.41) is 19.9. The molecule has 0 bridgehead atoms. The minimum atomic E-state index is -0.622. The maximum atomic E-state index is 12.3. The molecule has 2 atom stereocenters. The molecule has 0 unspecified atom stereocenters. The van der Waals surface area contributed by atoms with Crippen LogP contribution in [0.4, 0.5) is 10.5 Å². The monoisotopic (exact) mass is 335 g/mol. The van der Waals surface area contributed by atoms with Gasteiger partial charge in [0.1, 0.15) is 0 Å². The standard InChI is InChI=1S/C18H17N5O2/c24-15-10-12-4-1-2-5-14(12)17(15)22-18(25)21-13-6-7-16(19-11-13)23-9-3-8-20-23/h1-9,11,15,17,24H,10H2,(H2,21,22,25)/t15-,17+/m1/s1. The van der Waals surface area contributed by atoms with Crippen LogP contribution in [0.2, 0.25) is 0 Å². The molecule has 0 radical (unpaired) electrons. The van der Waals surface area contributed by atoms with E-state index in [4.69, 9.17) is 0 Å². The third-order valence-corrected chi connectivity index (χ3v) is 4.24. The van der Waals surface area contributed by atoms with Gasteiger partial charge >= 0.3 is 6.03 Å². The number of hydrogen-bond acceptors (Lipinski definition) is 4. The predicted octanol–water partition coefficient (Wildman–Crippen LogP) is 2.05. The maximum Gasteiger partial charge on any atom is 0.319 e. The number of anilines is 1. The van der Waals surface area contributed by atoms with Gasteiger partial charge in [0.05, 0.1) is 24.0 Å². The fourth-order valence-electron chi connectivity index (χ4n) is 3.06. The van der Waals surface area contributed by atoms with E-state index in [-0.39, 0.29) is 6.03 Å². The van der Waals surface area contributed by atoms with E-state index >= 15 is 0 Å². The zero-order valence-electron chi connectivity index (χ0n) is 13.3. The number of aromatic nitrogens is 3. The Kier molecular flexibility index (Phi) is 3.91. The summed E-state index contributed by atoms with van der Waals surface area (Å²) in [7, 11) is 0. The number of urea groups is 1. The molecule has 7 heteroatoms. The molecule has 3 N–H and O–H groups in total. The summed E-state index contributed by atoms with van der Waals surface area (Å²) in [4.78, 5) is 16.5. The molecule has 4 rings (SSSR count). The van der Waals surface area contributed by atoms with Crippen molar-refractivity contribution in [3.8, 4) is 5.82 Å². The number of rotatable bonds is 3. The molecule has 2 heterocycles. The number of nitrogens with one attached hydrogen (secondary N) is 2. The Bertz CT molecular complexity index is 877. The van der Waals surface area contributed by atoms with Crippen LogP contribution in [-0.2, 0) is 6.42 Å². The number of nitrogens with zero attached hydrogens (tertiary/aromatic N) is 3. The van der Waals surface area contributed by atoms with Crippen LogP contribution in [0.3, 0.4) is 0 Å². The van der Waals surface area contributed by atoms with Crippen molar-refractivity contribution >= 4 is 11.7 Å². The molecule has 1 aliphatic carbocycles. The molecule has 2 aromatic heterocycles. The van der Waals surface area contributed by atoms with Crippen LogP contribution in [0, 0.1) is 0 Å². The van der Waals surface area contributed by atoms with Crippen molar-refractivity contribution < 1.29 is 9.90 Å². The summed E-state index contributed by atoms with van der Waals surface area (Å²) < 4.78 is 1.63. The quantitative estimate of drug-likeness (QED) is 0.683. The molecule has 1 aromatic carbocycles. The zero-order valence-corrected chi connectivity index (χ0v) is 13.3. The number of amides is 2. The van der Waals surface area contributed by atoms with Gasteiger partial charge in [-0.15, -0.1) is 0 Å². The highest BCUT2D eigenvalue weighted by Gasteiger charge is 2.31. The smallest absolute Gasteiger partial charge is 0.319 e. The van der Waals surface area contributed by atoms with E-state index in [1.807, 2.05) is 30.3 Å². The second-order valence-corrected chi connectivity index (χ2v) is 5.90. The summed E-state index contributed by atoms with van der Waals surface area (Å²) in [6.45, 7) is 0. The highest BCUT2D eigenvalue weighted by Crippen LogP contribution is 2.31. The van der Waals surface area contributed by atoms with E-state index in [1.165, 1.54) is 0 Å². The number of aliphatic hydroxyl groups is 1. The molecule has 3 aromatic rings. The lowest BCUT2D eigenvalue weighted by Gasteiger charge is -2.18. The topological polar surface area (TPSA) is 92.1 Å². The Morgan fingerprint density at radius 1 is 1.20 bits per heavy atom. The predicted molar refractivity (Wildman–Crippen MR) is 92.4 cm³/mol. The van der Waals surface area contributed by atoms with E-state index in [9.17, 15) is 9.90 Å². The molecular weight excluding hydrogens is 318 g/mol. The van der Waals surface area contributed by atoms with Gasteiger partial charge in [-0.1, -0.05) is 24.3 Å². The first-order chi connectivity index (χ1) is 12.2. The maximum absolute atomic E-state index is 12.3. The molecule has 2 amide bonds. The van der Waals surface area contributed by atoms with Crippen molar-refractivity contribution in [2.75, 3.05) is 5.32 Å². The zero-order chi connectivity index (χ0) is 17.2. The number of fused-ring (bicyclic) bond motifs is 1. The Balaban J connectivity index is 1.42. The van der Waals surface area contributed by atoms with Crippen molar-refractivity contribution in [1.82, 2.24) is 20.1 Å². The van der Waals surface area contributed by atoms with Crippen molar-refractivity contribution in [1.29, 1.82) is 0 Å². The molecule has 0 saturated heterocycles. The SMILES string of the molecule is O=C(Nc1ccc(-n2cccn2)nc1)N[C@H]1c2ccccc2C[C@H]1O. The first-order valence-corrected chi connectivity index (χ1v) is 8.00. The van der Waals surface area contributed by atoms with Gasteiger partial charge in [-0.2, -0.15) is 5.10 Å². The summed E-state index contributed by atoms with van der Waals surface area (Å²) in [6, 6.07) is 12.3. The summed E-state index contributed by atoms with van der Waals surface area (Å²) >= 11 is 0. The second-order valence-electron chi connectivity index (χ2n) is 5.90. The van der Waals surface area contributed by atoms with Crippen LogP contribution in [0.15, 0.2) is 61.1 Å². The van der Waals surface area contributed by atoms with Crippen LogP contribution in [0.5, 0.6) is 0 Å². The fraction of sp³-hybridized carbons (Fsp3) is 0.167. The summed E-state index contributed by atoms with van der Waals surface area (Å²) in [6.07, 6.45) is 4.95. The summed E-state index contributed by atoms with van der Waals surface area (Å²) in [5.41, 5.74) is 2.58. The molecule has 0 saturated carbocycles. The normalized spacial score (nSPS) is 18.6. The largest absolute Gasteiger partial charge is 0.390 e. The Labute approximate surface area is 144 Å². The highest BCUT2D eigenvalue weighted by atomic mass is 16.3. The molecule has 1 aliphatic rings. The van der Waals surface area contributed by atoms with E-state index in [0.29, 0.717) is 17.9 Å². The Morgan fingerprint density at radius 3 is 2.84 bits per heavy atom. The van der Waals surface area contributed by atoms with Crippen LogP contribution >= 0.6 is 0 Å². The van der Waals surface area contributed by atoms with Gasteiger partial charge in [0, 0.05) is 18.8 Å². The molecular formula is C18H17N5O2. The lowest BCUT2D eigenvalue weighted by molar-refractivity contribution is 0.144. The molecule has 0 aliphatic heterocycles. The van der Waals surface area contributed by atoms with Crippen LogP contribution in [0.1, 0.15) is 17.2 Å². The number of pyridine rings is 1. The first-order valence-electron chi connectivity index (χ1n) is 8.00. The van der Waals surface area contributed by atoms with Gasteiger partial charge < -0.3 is 15.7 Å². The summed E-state index contributed by atoms with van der Waals surface area (Å²) in [5.74, 6) is 0.663. The van der Waals surface area contributed by atoms with Crippen molar-refractivity contribution in [3.63, 3.8) is 0 Å².